The molecule has 2 aromatic heterocycles. The van der Waals surface area contributed by atoms with Crippen LogP contribution in [0.3, 0.4) is 0 Å². The summed E-state index contributed by atoms with van der Waals surface area (Å²) in [5.74, 6) is 0.345. The zero-order valence-corrected chi connectivity index (χ0v) is 17.1. The van der Waals surface area contributed by atoms with E-state index in [9.17, 15) is 4.79 Å². The summed E-state index contributed by atoms with van der Waals surface area (Å²) in [7, 11) is 1.83. The minimum atomic E-state index is 0.0485. The van der Waals surface area contributed by atoms with Gasteiger partial charge in [-0.2, -0.15) is 0 Å². The number of halogens is 1. The van der Waals surface area contributed by atoms with E-state index < -0.39 is 0 Å². The van der Waals surface area contributed by atoms with Gasteiger partial charge in [-0.25, -0.2) is 0 Å². The lowest BCUT2D eigenvalue weighted by atomic mass is 10.2. The van der Waals surface area contributed by atoms with Gasteiger partial charge in [0.2, 0.25) is 5.91 Å². The van der Waals surface area contributed by atoms with Gasteiger partial charge in [-0.1, -0.05) is 35.5 Å². The van der Waals surface area contributed by atoms with E-state index in [1.807, 2.05) is 61.2 Å². The van der Waals surface area contributed by atoms with Gasteiger partial charge in [-0.3, -0.25) is 9.36 Å². The molecule has 136 valence electrons. The minimum absolute atomic E-state index is 0.0485. The summed E-state index contributed by atoms with van der Waals surface area (Å²) in [6, 6.07) is 9.88. The van der Waals surface area contributed by atoms with Crippen LogP contribution >= 0.6 is 34.7 Å². The zero-order chi connectivity index (χ0) is 18.7. The van der Waals surface area contributed by atoms with Crippen molar-refractivity contribution in [3.8, 4) is 5.69 Å². The number of carbonyl (C=O) groups is 1. The molecule has 0 saturated carbocycles. The van der Waals surface area contributed by atoms with Crippen molar-refractivity contribution >= 4 is 40.6 Å². The molecular formula is C18H19ClN4OS2. The summed E-state index contributed by atoms with van der Waals surface area (Å²) in [5.41, 5.74) is 1.89. The number of rotatable bonds is 6. The molecule has 0 aliphatic carbocycles. The van der Waals surface area contributed by atoms with Gasteiger partial charge in [-0.15, -0.1) is 21.5 Å². The van der Waals surface area contributed by atoms with Crippen molar-refractivity contribution < 1.29 is 4.79 Å². The third-order valence-corrected chi connectivity index (χ3v) is 6.58. The molecule has 0 aliphatic heterocycles. The van der Waals surface area contributed by atoms with Crippen molar-refractivity contribution in [3.63, 3.8) is 0 Å². The molecule has 0 aliphatic rings. The molecule has 0 N–H and O–H groups in total. The van der Waals surface area contributed by atoms with E-state index >= 15 is 0 Å². The second kappa shape index (κ2) is 8.24. The summed E-state index contributed by atoms with van der Waals surface area (Å²) in [6.45, 7) is 3.99. The number of benzene rings is 1. The Morgan fingerprint density at radius 3 is 2.92 bits per heavy atom. The maximum Gasteiger partial charge on any atom is 0.233 e. The van der Waals surface area contributed by atoms with Crippen LogP contribution in [0.15, 0.2) is 47.2 Å². The SMILES string of the molecule is Cc1ccc(-n2cnnc2SCC(=O)N(C)C(C)c2cccs2)cc1Cl. The predicted molar refractivity (Wildman–Crippen MR) is 107 cm³/mol. The summed E-state index contributed by atoms with van der Waals surface area (Å²) in [5, 5.41) is 11.5. The van der Waals surface area contributed by atoms with Gasteiger partial charge in [0.25, 0.3) is 0 Å². The second-order valence-electron chi connectivity index (χ2n) is 5.90. The minimum Gasteiger partial charge on any atom is -0.337 e. The molecule has 5 nitrogen and oxygen atoms in total. The van der Waals surface area contributed by atoms with E-state index in [1.54, 1.807) is 22.6 Å². The van der Waals surface area contributed by atoms with E-state index in [0.29, 0.717) is 15.9 Å². The van der Waals surface area contributed by atoms with E-state index in [0.717, 1.165) is 11.3 Å². The molecule has 1 unspecified atom stereocenters. The van der Waals surface area contributed by atoms with Crippen molar-refractivity contribution in [2.45, 2.75) is 25.0 Å². The highest BCUT2D eigenvalue weighted by atomic mass is 35.5. The number of amides is 1. The van der Waals surface area contributed by atoms with Gasteiger partial charge in [0.05, 0.1) is 17.5 Å². The first-order valence-corrected chi connectivity index (χ1v) is 10.3. The number of aryl methyl sites for hydroxylation is 1. The van der Waals surface area contributed by atoms with Gasteiger partial charge in [0, 0.05) is 16.9 Å². The quantitative estimate of drug-likeness (QED) is 0.561. The van der Waals surface area contributed by atoms with Crippen LogP contribution in [0.2, 0.25) is 5.02 Å². The number of thiophene rings is 1. The van der Waals surface area contributed by atoms with Gasteiger partial charge in [0.1, 0.15) is 6.33 Å². The van der Waals surface area contributed by atoms with Gasteiger partial charge >= 0.3 is 0 Å². The molecule has 3 aromatic rings. The van der Waals surface area contributed by atoms with Crippen molar-refractivity contribution in [2.24, 2.45) is 0 Å². The molecule has 0 spiro atoms. The molecule has 3 rings (SSSR count). The lowest BCUT2D eigenvalue weighted by Crippen LogP contribution is -2.30. The summed E-state index contributed by atoms with van der Waals surface area (Å²) >= 11 is 9.24. The number of carbonyl (C=O) groups excluding carboxylic acids is 1. The number of aromatic nitrogens is 3. The van der Waals surface area contributed by atoms with Crippen LogP contribution in [-0.4, -0.2) is 38.4 Å². The van der Waals surface area contributed by atoms with Crippen LogP contribution in [0, 0.1) is 6.92 Å². The normalized spacial score (nSPS) is 12.2. The highest BCUT2D eigenvalue weighted by Crippen LogP contribution is 2.26. The van der Waals surface area contributed by atoms with Crippen LogP contribution in [0.5, 0.6) is 0 Å². The highest BCUT2D eigenvalue weighted by Gasteiger charge is 2.19. The maximum atomic E-state index is 12.6. The molecule has 8 heteroatoms. The number of thioether (sulfide) groups is 1. The first-order valence-electron chi connectivity index (χ1n) is 8.05. The topological polar surface area (TPSA) is 51.0 Å². The molecular weight excluding hydrogens is 388 g/mol. The van der Waals surface area contributed by atoms with E-state index in [-0.39, 0.29) is 11.9 Å². The van der Waals surface area contributed by atoms with E-state index in [2.05, 4.69) is 10.2 Å². The van der Waals surface area contributed by atoms with Crippen LogP contribution in [0.1, 0.15) is 23.4 Å². The fraction of sp³-hybridized carbons (Fsp3) is 0.278. The Labute approximate surface area is 166 Å². The first kappa shape index (κ1) is 18.9. The van der Waals surface area contributed by atoms with Crippen LogP contribution < -0.4 is 0 Å². The zero-order valence-electron chi connectivity index (χ0n) is 14.7. The van der Waals surface area contributed by atoms with E-state index in [1.165, 1.54) is 16.6 Å². The molecule has 0 fully saturated rings. The fourth-order valence-corrected chi connectivity index (χ4v) is 4.25. The summed E-state index contributed by atoms with van der Waals surface area (Å²) < 4.78 is 1.84. The Hall–Kier alpha value is -1.83. The van der Waals surface area contributed by atoms with Gasteiger partial charge < -0.3 is 4.90 Å². The smallest absolute Gasteiger partial charge is 0.233 e. The third kappa shape index (κ3) is 4.11. The molecule has 2 heterocycles. The highest BCUT2D eigenvalue weighted by molar-refractivity contribution is 7.99. The molecule has 0 radical (unpaired) electrons. The van der Waals surface area contributed by atoms with Crippen LogP contribution in [-0.2, 0) is 4.79 Å². The van der Waals surface area contributed by atoms with Gasteiger partial charge in [0.15, 0.2) is 5.16 Å². The van der Waals surface area contributed by atoms with Crippen LogP contribution in [0.4, 0.5) is 0 Å². The largest absolute Gasteiger partial charge is 0.337 e. The summed E-state index contributed by atoms with van der Waals surface area (Å²) in [6.07, 6.45) is 1.63. The Kier molecular flexibility index (Phi) is 6.01. The van der Waals surface area contributed by atoms with Crippen molar-refractivity contribution in [2.75, 3.05) is 12.8 Å². The predicted octanol–water partition coefficient (Wildman–Crippen LogP) is 4.60. The third-order valence-electron chi connectivity index (χ3n) is 4.20. The molecule has 1 aromatic carbocycles. The lowest BCUT2D eigenvalue weighted by Gasteiger charge is -2.23. The Bertz CT molecular complexity index is 894. The van der Waals surface area contributed by atoms with Crippen molar-refractivity contribution in [1.29, 1.82) is 0 Å². The average molecular weight is 407 g/mol. The van der Waals surface area contributed by atoms with Crippen molar-refractivity contribution in [3.05, 3.63) is 57.5 Å². The Morgan fingerprint density at radius 2 is 2.23 bits per heavy atom. The number of hydrogen-bond donors (Lipinski definition) is 0. The Balaban J connectivity index is 1.68. The monoisotopic (exact) mass is 406 g/mol. The molecule has 1 amide bonds. The average Bonchev–Trinajstić information content (AvgIpc) is 3.32. The van der Waals surface area contributed by atoms with Gasteiger partial charge in [-0.05, 0) is 43.0 Å². The standard InChI is InChI=1S/C18H19ClN4OS2/c1-12-6-7-14(9-15(12)19)23-11-20-21-18(23)26-10-17(24)22(3)13(2)16-5-4-8-25-16/h4-9,11,13H,10H2,1-3H3. The fourth-order valence-electron chi connectivity index (χ4n) is 2.40. The Morgan fingerprint density at radius 1 is 1.42 bits per heavy atom. The van der Waals surface area contributed by atoms with Crippen LogP contribution in [0.25, 0.3) is 5.69 Å². The van der Waals surface area contributed by atoms with E-state index in [4.69, 9.17) is 11.6 Å². The molecule has 26 heavy (non-hydrogen) atoms. The first-order chi connectivity index (χ1) is 12.5. The van der Waals surface area contributed by atoms with Crippen molar-refractivity contribution in [1.82, 2.24) is 19.7 Å². The lowest BCUT2D eigenvalue weighted by molar-refractivity contribution is -0.128. The molecule has 0 saturated heterocycles. The second-order valence-corrected chi connectivity index (χ2v) is 8.23. The summed E-state index contributed by atoms with van der Waals surface area (Å²) in [4.78, 5) is 15.5. The molecule has 1 atom stereocenters. The molecule has 0 bridgehead atoms. The number of nitrogens with zero attached hydrogens (tertiary/aromatic N) is 4. The maximum absolute atomic E-state index is 12.6. The number of hydrogen-bond acceptors (Lipinski definition) is 5.